The van der Waals surface area contributed by atoms with Crippen LogP contribution in [0.5, 0.6) is 11.5 Å². The Balaban J connectivity index is 0.921. The van der Waals surface area contributed by atoms with Crippen molar-refractivity contribution in [2.24, 2.45) is 0 Å². The molecule has 5 nitrogen and oxygen atoms in total. The van der Waals surface area contributed by atoms with Crippen LogP contribution in [0.2, 0.25) is 0 Å². The number of anilines is 7. The molecule has 11 aromatic rings. The number of pyridine rings is 1. The topological polar surface area (TPSA) is 31.8 Å². The molecule has 0 aliphatic carbocycles. The summed E-state index contributed by atoms with van der Waals surface area (Å²) in [6.07, 6.45) is 1.62. The first-order chi connectivity index (χ1) is 43.5. The van der Waals surface area contributed by atoms with Crippen LogP contribution in [0.4, 0.5) is 39.9 Å². The normalized spacial score (nSPS) is 16.8. The summed E-state index contributed by atoms with van der Waals surface area (Å²) in [5.41, 5.74) is 12.8. The molecule has 394 valence electrons. The number of benzene rings is 10. The van der Waals surface area contributed by atoms with Gasteiger partial charge < -0.3 is 14.5 Å². The molecule has 4 heterocycles. The third-order valence-corrected chi connectivity index (χ3v) is 21.3. The van der Waals surface area contributed by atoms with Gasteiger partial charge in [-0.2, -0.15) is 0 Å². The molecule has 1 atom stereocenters. The third-order valence-electron chi connectivity index (χ3n) is 16.3. The van der Waals surface area contributed by atoms with Gasteiger partial charge in [-0.15, -0.1) is 0 Å². The Labute approximate surface area is 492 Å². The third kappa shape index (κ3) is 8.30. The maximum absolute atomic E-state index is 9.36. The maximum Gasteiger partial charge on any atom is 0.185 e. The number of nitrogens with zero attached hydrogens (tertiary/aromatic N) is 4. The lowest BCUT2D eigenvalue weighted by Gasteiger charge is -2.43. The summed E-state index contributed by atoms with van der Waals surface area (Å²) in [5, 5.41) is 4.86. The second-order valence-electron chi connectivity index (χ2n) is 23.3. The van der Waals surface area contributed by atoms with E-state index in [1.165, 1.54) is 20.7 Å². The highest BCUT2D eigenvalue weighted by Gasteiger charge is 2.55. The number of hydrogen-bond donors (Lipinski definition) is 0. The highest BCUT2D eigenvalue weighted by atomic mass is 28.3. The largest absolute Gasteiger partial charge is 0.457 e. The summed E-state index contributed by atoms with van der Waals surface area (Å²) in [7, 11) is -3.08. The van der Waals surface area contributed by atoms with Gasteiger partial charge in [0.15, 0.2) is 8.07 Å². The van der Waals surface area contributed by atoms with E-state index >= 15 is 0 Å². The van der Waals surface area contributed by atoms with Gasteiger partial charge in [-0.1, -0.05) is 229 Å². The van der Waals surface area contributed by atoms with Crippen molar-refractivity contribution in [2.45, 2.75) is 59.3 Å². The Hall–Kier alpha value is -9.23. The second kappa shape index (κ2) is 19.3. The molecule has 6 heteroatoms. The molecule has 14 rings (SSSR count). The molecule has 0 saturated carbocycles. The fourth-order valence-electron chi connectivity index (χ4n) is 12.5. The zero-order valence-electron chi connectivity index (χ0n) is 56.3. The predicted molar refractivity (Wildman–Crippen MR) is 342 cm³/mol. The SMILES string of the molecule is [2H]c1c([2H])c([2H])c(-c2cnc(N3c4ccccc4[Si]4(c5ccccc5)c5ccccc5-c5cc(Oc6cccc(N7CN(c8c(-c9cc(C(C)(C)C)cc(C(C)(C)C)c9)cccc8-c8c([2H])c([2H])c([2H])c([2H])c8[2H])c8ccccc87)c6)cc3c54)cc2C)c([2H])c1[2H]. The molecule has 0 spiro atoms. The number of fused-ring (bicyclic) bond motifs is 6. The number of aryl methyl sites for hydroxylation is 1. The standard InChI is InChI=1S/C75H64N4OSi/c1-50-41-71(76-48-64(50)52-27-13-9-14-28-52)79-67-38-20-22-40-70(67)81(59-31-15-10-16-32-59)69-39-21-17-33-62(69)63-46-58(47-68(79)73(63)81)80-57-30-23-29-56(45-57)77-49-78(66-37-19-18-36-65(66)77)72-60(51-25-11-8-12-26-51)34-24-35-61(72)53-42-54(74(2,3)4)44-55(43-53)75(5,6)7/h8-48H,49H2,1-7H3/i8D,9D,11D,12D,13D,14D,25D,26D,27D,28D. The summed E-state index contributed by atoms with van der Waals surface area (Å²) in [4.78, 5) is 11.8. The van der Waals surface area contributed by atoms with Gasteiger partial charge in [-0.05, 0) is 125 Å². The Kier molecular flexibility index (Phi) is 9.51. The Morgan fingerprint density at radius 3 is 1.73 bits per heavy atom. The van der Waals surface area contributed by atoms with Crippen LogP contribution < -0.4 is 40.2 Å². The van der Waals surface area contributed by atoms with E-state index in [4.69, 9.17) is 20.7 Å². The van der Waals surface area contributed by atoms with Crippen molar-refractivity contribution in [3.05, 3.63) is 265 Å². The lowest BCUT2D eigenvalue weighted by molar-refractivity contribution is 0.483. The van der Waals surface area contributed by atoms with Crippen molar-refractivity contribution in [1.82, 2.24) is 4.98 Å². The van der Waals surface area contributed by atoms with Gasteiger partial charge in [0.2, 0.25) is 0 Å². The fraction of sp³-hybridized carbons (Fsp3) is 0.133. The van der Waals surface area contributed by atoms with Gasteiger partial charge >= 0.3 is 0 Å². The summed E-state index contributed by atoms with van der Waals surface area (Å²) < 4.78 is 95.3. The molecule has 0 amide bonds. The van der Waals surface area contributed by atoms with Gasteiger partial charge in [0, 0.05) is 46.4 Å². The zero-order chi connectivity index (χ0) is 63.9. The molecule has 0 N–H and O–H groups in total. The van der Waals surface area contributed by atoms with Gasteiger partial charge in [-0.3, -0.25) is 4.90 Å². The van der Waals surface area contributed by atoms with E-state index in [0.717, 1.165) is 61.8 Å². The molecule has 10 aromatic carbocycles. The maximum atomic E-state index is 9.36. The minimum absolute atomic E-state index is 0.0932. The Morgan fingerprint density at radius 1 is 0.469 bits per heavy atom. The number of rotatable bonds is 9. The fourth-order valence-corrected chi connectivity index (χ4v) is 18.0. The zero-order valence-corrected chi connectivity index (χ0v) is 47.3. The van der Waals surface area contributed by atoms with E-state index in [1.807, 2.05) is 61.5 Å². The van der Waals surface area contributed by atoms with Gasteiger partial charge in [0.05, 0.1) is 36.5 Å². The van der Waals surface area contributed by atoms with Crippen LogP contribution in [0.1, 0.15) is 71.9 Å². The van der Waals surface area contributed by atoms with Crippen LogP contribution in [0, 0.1) is 6.92 Å². The Morgan fingerprint density at radius 2 is 1.05 bits per heavy atom. The van der Waals surface area contributed by atoms with E-state index in [0.29, 0.717) is 46.4 Å². The second-order valence-corrected chi connectivity index (χ2v) is 27.0. The van der Waals surface area contributed by atoms with Crippen molar-refractivity contribution in [3.8, 4) is 56.0 Å². The van der Waals surface area contributed by atoms with Crippen LogP contribution in [0.3, 0.4) is 0 Å². The minimum Gasteiger partial charge on any atom is -0.457 e. The van der Waals surface area contributed by atoms with E-state index in [-0.39, 0.29) is 46.1 Å². The lowest BCUT2D eigenvalue weighted by atomic mass is 9.78. The number of para-hydroxylation sites is 4. The number of aromatic nitrogens is 1. The minimum atomic E-state index is -3.08. The van der Waals surface area contributed by atoms with Crippen molar-refractivity contribution in [2.75, 3.05) is 21.4 Å². The van der Waals surface area contributed by atoms with Crippen molar-refractivity contribution in [3.63, 3.8) is 0 Å². The average Bonchev–Trinajstić information content (AvgIpc) is 1.55. The molecule has 0 bridgehead atoms. The first-order valence-electron chi connectivity index (χ1n) is 32.5. The molecule has 0 radical (unpaired) electrons. The Bertz CT molecular complexity index is 4780. The van der Waals surface area contributed by atoms with Crippen LogP contribution in [-0.4, -0.2) is 19.7 Å². The first-order valence-corrected chi connectivity index (χ1v) is 29.5. The monoisotopic (exact) mass is 1070 g/mol. The van der Waals surface area contributed by atoms with Crippen molar-refractivity contribution < 1.29 is 18.4 Å². The highest BCUT2D eigenvalue weighted by molar-refractivity contribution is 7.23. The highest BCUT2D eigenvalue weighted by Crippen LogP contribution is 2.52. The molecular weight excluding hydrogens is 1000 g/mol. The summed E-state index contributed by atoms with van der Waals surface area (Å²) in [5.74, 6) is 1.74. The molecular formula is C75H64N4OSi. The van der Waals surface area contributed by atoms with Crippen LogP contribution in [0.25, 0.3) is 44.5 Å². The molecule has 1 aromatic heterocycles. The van der Waals surface area contributed by atoms with E-state index < -0.39 is 44.3 Å². The number of ether oxygens (including phenoxy) is 1. The summed E-state index contributed by atoms with van der Waals surface area (Å²) in [6, 6.07) is 59.4. The van der Waals surface area contributed by atoms with Crippen molar-refractivity contribution in [1.29, 1.82) is 0 Å². The smallest absolute Gasteiger partial charge is 0.185 e. The van der Waals surface area contributed by atoms with Crippen molar-refractivity contribution >= 4 is 68.8 Å². The lowest BCUT2D eigenvalue weighted by Crippen LogP contribution is -2.75. The van der Waals surface area contributed by atoms with Gasteiger partial charge in [0.1, 0.15) is 24.0 Å². The van der Waals surface area contributed by atoms with Crippen LogP contribution >= 0.6 is 0 Å². The van der Waals surface area contributed by atoms with E-state index in [1.54, 1.807) is 6.20 Å². The van der Waals surface area contributed by atoms with Gasteiger partial charge in [0.25, 0.3) is 0 Å². The average molecular weight is 1080 g/mol. The summed E-state index contributed by atoms with van der Waals surface area (Å²) in [6.45, 7) is 15.4. The molecule has 3 aliphatic heterocycles. The van der Waals surface area contributed by atoms with Gasteiger partial charge in [-0.25, -0.2) is 4.98 Å². The van der Waals surface area contributed by atoms with E-state index in [2.05, 4.69) is 184 Å². The molecule has 81 heavy (non-hydrogen) atoms. The predicted octanol–water partition coefficient (Wildman–Crippen LogP) is 17.2. The quantitative estimate of drug-likeness (QED) is 0.135. The van der Waals surface area contributed by atoms with Crippen LogP contribution in [-0.2, 0) is 10.8 Å². The van der Waals surface area contributed by atoms with Crippen LogP contribution in [0.15, 0.2) is 249 Å². The molecule has 0 saturated heterocycles. The summed E-state index contributed by atoms with van der Waals surface area (Å²) >= 11 is 0. The number of hydrogen-bond acceptors (Lipinski definition) is 5. The first kappa shape index (κ1) is 40.0. The molecule has 1 unspecified atom stereocenters. The molecule has 0 fully saturated rings. The molecule has 3 aliphatic rings. The van der Waals surface area contributed by atoms with E-state index in [9.17, 15) is 2.74 Å².